The minimum absolute atomic E-state index is 0.559. The van der Waals surface area contributed by atoms with Crippen LogP contribution in [0.15, 0.2) is 0 Å². The minimum atomic E-state index is 0.559. The predicted molar refractivity (Wildman–Crippen MR) is 66.0 cm³/mol. The standard InChI is InChI=1S/C14H28O/c1-5-15-11-7-9-13-12(2)8-6-10-14(13,3)4/h12-13H,5-11H2,1-4H3. The molecule has 0 N–H and O–H groups in total. The number of rotatable bonds is 5. The van der Waals surface area contributed by atoms with E-state index in [1.165, 1.54) is 32.1 Å². The molecule has 0 saturated heterocycles. The molecule has 90 valence electrons. The summed E-state index contributed by atoms with van der Waals surface area (Å²) in [5, 5.41) is 0. The van der Waals surface area contributed by atoms with Gasteiger partial charge in [0, 0.05) is 13.2 Å². The molecule has 1 heteroatoms. The van der Waals surface area contributed by atoms with E-state index in [2.05, 4.69) is 27.7 Å². The van der Waals surface area contributed by atoms with Crippen molar-refractivity contribution < 1.29 is 4.74 Å². The van der Waals surface area contributed by atoms with Crippen LogP contribution in [0.4, 0.5) is 0 Å². The van der Waals surface area contributed by atoms with Crippen LogP contribution < -0.4 is 0 Å². The summed E-state index contributed by atoms with van der Waals surface area (Å²) in [6, 6.07) is 0. The largest absolute Gasteiger partial charge is 0.382 e. The molecule has 0 aromatic rings. The Balaban J connectivity index is 2.35. The average Bonchev–Trinajstić information content (AvgIpc) is 2.15. The molecule has 0 spiro atoms. The minimum Gasteiger partial charge on any atom is -0.382 e. The first-order valence-electron chi connectivity index (χ1n) is 6.65. The first-order valence-corrected chi connectivity index (χ1v) is 6.65. The van der Waals surface area contributed by atoms with Crippen molar-refractivity contribution in [3.63, 3.8) is 0 Å². The van der Waals surface area contributed by atoms with E-state index in [0.717, 1.165) is 25.0 Å². The van der Waals surface area contributed by atoms with E-state index in [1.54, 1.807) is 0 Å². The predicted octanol–water partition coefficient (Wildman–Crippen LogP) is 4.27. The molecule has 0 aliphatic heterocycles. The van der Waals surface area contributed by atoms with Gasteiger partial charge in [0.05, 0.1) is 0 Å². The first-order chi connectivity index (χ1) is 7.08. The zero-order valence-corrected chi connectivity index (χ0v) is 11.0. The lowest BCUT2D eigenvalue weighted by atomic mass is 9.63. The van der Waals surface area contributed by atoms with Gasteiger partial charge in [0.25, 0.3) is 0 Å². The smallest absolute Gasteiger partial charge is 0.0465 e. The Hall–Kier alpha value is -0.0400. The summed E-state index contributed by atoms with van der Waals surface area (Å²) >= 11 is 0. The van der Waals surface area contributed by atoms with Crippen LogP contribution in [-0.4, -0.2) is 13.2 Å². The van der Waals surface area contributed by atoms with Crippen LogP contribution in [0.3, 0.4) is 0 Å². The van der Waals surface area contributed by atoms with Crippen LogP contribution in [-0.2, 0) is 4.74 Å². The van der Waals surface area contributed by atoms with Crippen molar-refractivity contribution >= 4 is 0 Å². The monoisotopic (exact) mass is 212 g/mol. The maximum Gasteiger partial charge on any atom is 0.0465 e. The maximum atomic E-state index is 5.43. The second-order valence-corrected chi connectivity index (χ2v) is 5.80. The molecule has 0 aromatic heterocycles. The van der Waals surface area contributed by atoms with E-state index in [0.29, 0.717) is 5.41 Å². The summed E-state index contributed by atoms with van der Waals surface area (Å²) in [6.45, 7) is 11.2. The molecule has 1 fully saturated rings. The fraction of sp³-hybridized carbons (Fsp3) is 1.00. The van der Waals surface area contributed by atoms with Crippen LogP contribution in [0.25, 0.3) is 0 Å². The Morgan fingerprint density at radius 1 is 1.33 bits per heavy atom. The van der Waals surface area contributed by atoms with Gasteiger partial charge < -0.3 is 4.74 Å². The van der Waals surface area contributed by atoms with Crippen molar-refractivity contribution in [3.05, 3.63) is 0 Å². The summed E-state index contributed by atoms with van der Waals surface area (Å²) in [7, 11) is 0. The SMILES string of the molecule is CCOCCCC1C(C)CCCC1(C)C. The van der Waals surface area contributed by atoms with Crippen LogP contribution in [0.1, 0.15) is 59.8 Å². The molecule has 0 radical (unpaired) electrons. The van der Waals surface area contributed by atoms with E-state index < -0.39 is 0 Å². The normalized spacial score (nSPS) is 30.4. The molecule has 2 unspecified atom stereocenters. The van der Waals surface area contributed by atoms with Gasteiger partial charge in [0.1, 0.15) is 0 Å². The Kier molecular flexibility index (Phi) is 5.11. The van der Waals surface area contributed by atoms with Gasteiger partial charge in [-0.2, -0.15) is 0 Å². The third kappa shape index (κ3) is 3.79. The van der Waals surface area contributed by atoms with Gasteiger partial charge in [-0.15, -0.1) is 0 Å². The highest BCUT2D eigenvalue weighted by atomic mass is 16.5. The molecular formula is C14H28O. The van der Waals surface area contributed by atoms with Crippen LogP contribution in [0, 0.1) is 17.3 Å². The second kappa shape index (κ2) is 5.89. The summed E-state index contributed by atoms with van der Waals surface area (Å²) in [6.07, 6.45) is 6.87. The quantitative estimate of drug-likeness (QED) is 0.619. The van der Waals surface area contributed by atoms with E-state index in [-0.39, 0.29) is 0 Å². The second-order valence-electron chi connectivity index (χ2n) is 5.80. The van der Waals surface area contributed by atoms with Gasteiger partial charge in [-0.1, -0.05) is 33.6 Å². The van der Waals surface area contributed by atoms with Crippen molar-refractivity contribution in [2.75, 3.05) is 13.2 Å². The highest BCUT2D eigenvalue weighted by Gasteiger charge is 2.35. The molecule has 1 aliphatic carbocycles. The molecule has 15 heavy (non-hydrogen) atoms. The zero-order valence-electron chi connectivity index (χ0n) is 11.0. The van der Waals surface area contributed by atoms with Crippen molar-refractivity contribution in [3.8, 4) is 0 Å². The maximum absolute atomic E-state index is 5.43. The number of ether oxygens (including phenoxy) is 1. The Morgan fingerprint density at radius 2 is 2.07 bits per heavy atom. The molecule has 0 heterocycles. The fourth-order valence-corrected chi connectivity index (χ4v) is 3.26. The molecule has 1 rings (SSSR count). The third-order valence-electron chi connectivity index (χ3n) is 4.18. The van der Waals surface area contributed by atoms with Crippen molar-refractivity contribution in [2.45, 2.75) is 59.8 Å². The van der Waals surface area contributed by atoms with E-state index in [9.17, 15) is 0 Å². The molecular weight excluding hydrogens is 184 g/mol. The number of hydrogen-bond acceptors (Lipinski definition) is 1. The molecule has 0 aromatic carbocycles. The summed E-state index contributed by atoms with van der Waals surface area (Å²) in [4.78, 5) is 0. The van der Waals surface area contributed by atoms with Crippen LogP contribution in [0.2, 0.25) is 0 Å². The van der Waals surface area contributed by atoms with Gasteiger partial charge >= 0.3 is 0 Å². The zero-order chi connectivity index (χ0) is 11.3. The lowest BCUT2D eigenvalue weighted by Crippen LogP contribution is -2.33. The average molecular weight is 212 g/mol. The fourth-order valence-electron chi connectivity index (χ4n) is 3.26. The van der Waals surface area contributed by atoms with Crippen molar-refractivity contribution in [1.82, 2.24) is 0 Å². The molecule has 0 bridgehead atoms. The Morgan fingerprint density at radius 3 is 2.67 bits per heavy atom. The van der Waals surface area contributed by atoms with Gasteiger partial charge in [0.2, 0.25) is 0 Å². The van der Waals surface area contributed by atoms with E-state index in [1.807, 2.05) is 0 Å². The molecule has 2 atom stereocenters. The van der Waals surface area contributed by atoms with E-state index in [4.69, 9.17) is 4.74 Å². The lowest BCUT2D eigenvalue weighted by molar-refractivity contribution is 0.0618. The molecule has 0 amide bonds. The summed E-state index contributed by atoms with van der Waals surface area (Å²) in [5.74, 6) is 1.82. The summed E-state index contributed by atoms with van der Waals surface area (Å²) < 4.78 is 5.43. The first kappa shape index (κ1) is 13.0. The molecule has 1 aliphatic rings. The highest BCUT2D eigenvalue weighted by Crippen LogP contribution is 2.45. The van der Waals surface area contributed by atoms with Crippen LogP contribution in [0.5, 0.6) is 0 Å². The van der Waals surface area contributed by atoms with Gasteiger partial charge in [-0.3, -0.25) is 0 Å². The summed E-state index contributed by atoms with van der Waals surface area (Å²) in [5.41, 5.74) is 0.559. The van der Waals surface area contributed by atoms with Gasteiger partial charge in [0.15, 0.2) is 0 Å². The lowest BCUT2D eigenvalue weighted by Gasteiger charge is -2.43. The molecule has 1 nitrogen and oxygen atoms in total. The number of hydrogen-bond donors (Lipinski definition) is 0. The van der Waals surface area contributed by atoms with Gasteiger partial charge in [-0.05, 0) is 43.4 Å². The van der Waals surface area contributed by atoms with Crippen molar-refractivity contribution in [1.29, 1.82) is 0 Å². The Labute approximate surface area is 95.6 Å². The van der Waals surface area contributed by atoms with Crippen LogP contribution >= 0.6 is 0 Å². The van der Waals surface area contributed by atoms with E-state index >= 15 is 0 Å². The molecule has 1 saturated carbocycles. The Bertz CT molecular complexity index is 174. The van der Waals surface area contributed by atoms with Crippen molar-refractivity contribution in [2.24, 2.45) is 17.3 Å². The topological polar surface area (TPSA) is 9.23 Å². The van der Waals surface area contributed by atoms with Gasteiger partial charge in [-0.25, -0.2) is 0 Å². The third-order valence-corrected chi connectivity index (χ3v) is 4.18. The highest BCUT2D eigenvalue weighted by molar-refractivity contribution is 4.86.